The van der Waals surface area contributed by atoms with Crippen LogP contribution in [0.1, 0.15) is 18.9 Å². The summed E-state index contributed by atoms with van der Waals surface area (Å²) in [5, 5.41) is 21.5. The number of carbonyl (C=O) groups is 1. The van der Waals surface area contributed by atoms with Crippen LogP contribution in [0.2, 0.25) is 0 Å². The number of nitrogens with one attached hydrogen (secondary N) is 1. The second-order valence-electron chi connectivity index (χ2n) is 4.36. The van der Waals surface area contributed by atoms with Gasteiger partial charge in [-0.05, 0) is 25.1 Å². The second-order valence-corrected chi connectivity index (χ2v) is 4.36. The number of aliphatic hydroxyl groups is 1. The van der Waals surface area contributed by atoms with Gasteiger partial charge in [-0.3, -0.25) is 4.79 Å². The van der Waals surface area contributed by atoms with Gasteiger partial charge in [-0.1, -0.05) is 6.07 Å². The zero-order valence-electron chi connectivity index (χ0n) is 12.0. The molecule has 1 aromatic carbocycles. The largest absolute Gasteiger partial charge is 0.491 e. The van der Waals surface area contributed by atoms with Crippen LogP contribution in [-0.4, -0.2) is 43.5 Å². The van der Waals surface area contributed by atoms with E-state index in [1.807, 2.05) is 6.07 Å². The first-order valence-corrected chi connectivity index (χ1v) is 6.83. The summed E-state index contributed by atoms with van der Waals surface area (Å²) in [6, 6.07) is 8.76. The fourth-order valence-corrected chi connectivity index (χ4v) is 1.60. The lowest BCUT2D eigenvalue weighted by molar-refractivity contribution is -0.143. The number of nitrogens with zero attached hydrogens (tertiary/aromatic N) is 1. The van der Waals surface area contributed by atoms with Gasteiger partial charge in [0.05, 0.1) is 24.7 Å². The first-order chi connectivity index (χ1) is 10.2. The zero-order valence-corrected chi connectivity index (χ0v) is 12.0. The highest BCUT2D eigenvalue weighted by Gasteiger charge is 2.06. The summed E-state index contributed by atoms with van der Waals surface area (Å²) in [6.45, 7) is 3.00. The van der Waals surface area contributed by atoms with Gasteiger partial charge >= 0.3 is 5.97 Å². The summed E-state index contributed by atoms with van der Waals surface area (Å²) in [7, 11) is 0. The van der Waals surface area contributed by atoms with Crippen LogP contribution >= 0.6 is 0 Å². The molecule has 1 aromatic rings. The average Bonchev–Trinajstić information content (AvgIpc) is 2.50. The third-order valence-corrected chi connectivity index (χ3v) is 2.60. The van der Waals surface area contributed by atoms with Gasteiger partial charge in [0.2, 0.25) is 0 Å². The molecule has 0 aliphatic rings. The molecule has 6 nitrogen and oxygen atoms in total. The molecule has 0 heterocycles. The van der Waals surface area contributed by atoms with Gasteiger partial charge < -0.3 is 19.9 Å². The van der Waals surface area contributed by atoms with E-state index in [-0.39, 0.29) is 19.0 Å². The number of ether oxygens (including phenoxy) is 2. The van der Waals surface area contributed by atoms with Gasteiger partial charge in [0, 0.05) is 13.1 Å². The molecule has 0 amide bonds. The molecule has 0 radical (unpaired) electrons. The molecule has 0 fully saturated rings. The maximum absolute atomic E-state index is 11.1. The lowest BCUT2D eigenvalue weighted by atomic mass is 10.2. The molecule has 1 unspecified atom stereocenters. The Kier molecular flexibility index (Phi) is 7.87. The Labute approximate surface area is 124 Å². The minimum Gasteiger partial charge on any atom is -0.491 e. The van der Waals surface area contributed by atoms with Crippen LogP contribution in [0, 0.1) is 11.3 Å². The Bertz CT molecular complexity index is 485. The zero-order chi connectivity index (χ0) is 15.5. The van der Waals surface area contributed by atoms with Crippen LogP contribution in [0.4, 0.5) is 0 Å². The number of hydrogen-bond donors (Lipinski definition) is 2. The summed E-state index contributed by atoms with van der Waals surface area (Å²) < 4.78 is 10.2. The van der Waals surface area contributed by atoms with Gasteiger partial charge in [-0.15, -0.1) is 0 Å². The highest BCUT2D eigenvalue weighted by atomic mass is 16.5. The van der Waals surface area contributed by atoms with Crippen molar-refractivity contribution in [3.8, 4) is 11.8 Å². The molecule has 2 N–H and O–H groups in total. The lowest BCUT2D eigenvalue weighted by Gasteiger charge is -2.13. The van der Waals surface area contributed by atoms with Gasteiger partial charge in [-0.2, -0.15) is 5.26 Å². The van der Waals surface area contributed by atoms with Crippen molar-refractivity contribution >= 4 is 5.97 Å². The maximum atomic E-state index is 11.1. The van der Waals surface area contributed by atoms with E-state index in [9.17, 15) is 9.90 Å². The first-order valence-electron chi connectivity index (χ1n) is 6.83. The van der Waals surface area contributed by atoms with Crippen molar-refractivity contribution < 1.29 is 19.4 Å². The number of rotatable bonds is 9. The van der Waals surface area contributed by atoms with E-state index in [4.69, 9.17) is 14.7 Å². The fraction of sp³-hybridized carbons (Fsp3) is 0.467. The number of benzene rings is 1. The predicted molar refractivity (Wildman–Crippen MR) is 76.8 cm³/mol. The first kappa shape index (κ1) is 17.0. The molecule has 1 atom stereocenters. The van der Waals surface area contributed by atoms with Gasteiger partial charge in [-0.25, -0.2) is 0 Å². The maximum Gasteiger partial charge on any atom is 0.307 e. The van der Waals surface area contributed by atoms with Crippen LogP contribution < -0.4 is 10.1 Å². The number of esters is 1. The van der Waals surface area contributed by atoms with E-state index in [2.05, 4.69) is 5.32 Å². The average molecular weight is 292 g/mol. The van der Waals surface area contributed by atoms with E-state index in [0.717, 1.165) is 0 Å². The third-order valence-electron chi connectivity index (χ3n) is 2.60. The molecular weight excluding hydrogens is 272 g/mol. The molecule has 21 heavy (non-hydrogen) atoms. The molecule has 114 valence electrons. The Hall–Kier alpha value is -2.10. The molecule has 0 bridgehead atoms. The van der Waals surface area contributed by atoms with Crippen LogP contribution in [0.25, 0.3) is 0 Å². The van der Waals surface area contributed by atoms with E-state index in [0.29, 0.717) is 31.0 Å². The van der Waals surface area contributed by atoms with E-state index < -0.39 is 6.10 Å². The third kappa shape index (κ3) is 7.30. The number of aliphatic hydroxyl groups excluding tert-OH is 1. The highest BCUT2D eigenvalue weighted by Crippen LogP contribution is 2.12. The van der Waals surface area contributed by atoms with Crippen LogP contribution in [0.5, 0.6) is 5.75 Å². The number of carbonyl (C=O) groups excluding carboxylic acids is 1. The predicted octanol–water partition coefficient (Wildman–Crippen LogP) is 0.841. The van der Waals surface area contributed by atoms with Crippen molar-refractivity contribution in [1.82, 2.24) is 5.32 Å². The van der Waals surface area contributed by atoms with Gasteiger partial charge in [0.25, 0.3) is 0 Å². The highest BCUT2D eigenvalue weighted by molar-refractivity contribution is 5.69. The normalized spacial score (nSPS) is 11.5. The second kappa shape index (κ2) is 9.75. The summed E-state index contributed by atoms with van der Waals surface area (Å²) in [6.07, 6.45) is -0.427. The van der Waals surface area contributed by atoms with Crippen LogP contribution in [0.3, 0.4) is 0 Å². The molecule has 0 spiro atoms. The van der Waals surface area contributed by atoms with E-state index in [1.165, 1.54) is 0 Å². The summed E-state index contributed by atoms with van der Waals surface area (Å²) in [5.41, 5.74) is 0.509. The minimum atomic E-state index is -0.696. The molecule has 0 saturated carbocycles. The molecule has 0 aromatic heterocycles. The quantitative estimate of drug-likeness (QED) is 0.517. The van der Waals surface area contributed by atoms with Crippen molar-refractivity contribution in [2.45, 2.75) is 19.4 Å². The SMILES string of the molecule is CCOC(=O)CCNCC(O)COc1cccc(C#N)c1. The molecule has 0 aliphatic heterocycles. The van der Waals surface area contributed by atoms with E-state index >= 15 is 0 Å². The Balaban J connectivity index is 2.17. The van der Waals surface area contributed by atoms with Crippen LogP contribution in [-0.2, 0) is 9.53 Å². The van der Waals surface area contributed by atoms with Crippen molar-refractivity contribution in [3.05, 3.63) is 29.8 Å². The standard InChI is InChI=1S/C15H20N2O4/c1-2-20-15(19)6-7-17-10-13(18)11-21-14-5-3-4-12(8-14)9-16/h3-5,8,13,17-18H,2,6-7,10-11H2,1H3. The molecule has 0 aliphatic carbocycles. The van der Waals surface area contributed by atoms with Crippen molar-refractivity contribution in [2.24, 2.45) is 0 Å². The molecular formula is C15H20N2O4. The Morgan fingerprint density at radius 1 is 1.52 bits per heavy atom. The topological polar surface area (TPSA) is 91.6 Å². The number of nitriles is 1. The lowest BCUT2D eigenvalue weighted by Crippen LogP contribution is -2.32. The van der Waals surface area contributed by atoms with Crippen molar-refractivity contribution in [1.29, 1.82) is 5.26 Å². The van der Waals surface area contributed by atoms with E-state index in [1.54, 1.807) is 31.2 Å². The molecule has 1 rings (SSSR count). The summed E-state index contributed by atoms with van der Waals surface area (Å²) in [5.74, 6) is 0.281. The van der Waals surface area contributed by atoms with Gasteiger partial charge in [0.1, 0.15) is 18.5 Å². The minimum absolute atomic E-state index is 0.112. The van der Waals surface area contributed by atoms with Crippen LogP contribution in [0.15, 0.2) is 24.3 Å². The summed E-state index contributed by atoms with van der Waals surface area (Å²) in [4.78, 5) is 11.1. The van der Waals surface area contributed by atoms with Gasteiger partial charge in [0.15, 0.2) is 0 Å². The monoisotopic (exact) mass is 292 g/mol. The van der Waals surface area contributed by atoms with Crippen molar-refractivity contribution in [2.75, 3.05) is 26.3 Å². The van der Waals surface area contributed by atoms with Crippen molar-refractivity contribution in [3.63, 3.8) is 0 Å². The smallest absolute Gasteiger partial charge is 0.307 e. The molecule has 6 heteroatoms. The Morgan fingerprint density at radius 3 is 3.05 bits per heavy atom. The Morgan fingerprint density at radius 2 is 2.33 bits per heavy atom. The fourth-order valence-electron chi connectivity index (χ4n) is 1.60. The number of hydrogen-bond acceptors (Lipinski definition) is 6. The summed E-state index contributed by atoms with van der Waals surface area (Å²) >= 11 is 0. The molecule has 0 saturated heterocycles.